The van der Waals surface area contributed by atoms with E-state index in [-0.39, 0.29) is 16.3 Å². The minimum atomic E-state index is -3.79. The molecule has 102 valence electrons. The molecule has 0 saturated carbocycles. The Kier molecular flexibility index (Phi) is 3.55. The summed E-state index contributed by atoms with van der Waals surface area (Å²) >= 11 is 0. The minimum Gasteiger partial charge on any atom is -0.506 e. The van der Waals surface area contributed by atoms with Crippen molar-refractivity contribution in [1.29, 1.82) is 0 Å². The van der Waals surface area contributed by atoms with Crippen molar-refractivity contribution in [3.05, 3.63) is 48.0 Å². The first kappa shape index (κ1) is 13.8. The number of hydrogen-bond acceptors (Lipinski definition) is 4. The van der Waals surface area contributed by atoms with Crippen LogP contribution in [0.3, 0.4) is 0 Å². The Balaban J connectivity index is 2.35. The number of aromatic hydroxyl groups is 1. The lowest BCUT2D eigenvalue weighted by Gasteiger charge is -2.09. The van der Waals surface area contributed by atoms with Crippen LogP contribution in [0.2, 0.25) is 0 Å². The fourth-order valence-electron chi connectivity index (χ4n) is 1.59. The SMILES string of the molecule is C#Cc1cccc(NS(=O)(=O)c2ccc(O)c(N)c2)c1. The fourth-order valence-corrected chi connectivity index (χ4v) is 2.67. The Morgan fingerprint density at radius 3 is 2.60 bits per heavy atom. The predicted octanol–water partition coefficient (Wildman–Crippen LogP) is 1.76. The molecule has 0 atom stereocenters. The van der Waals surface area contributed by atoms with Crippen molar-refractivity contribution in [2.24, 2.45) is 0 Å². The molecule has 0 unspecified atom stereocenters. The molecule has 2 aromatic carbocycles. The highest BCUT2D eigenvalue weighted by Crippen LogP contribution is 2.24. The Labute approximate surface area is 117 Å². The van der Waals surface area contributed by atoms with Crippen molar-refractivity contribution < 1.29 is 13.5 Å². The number of phenols is 1. The van der Waals surface area contributed by atoms with E-state index in [0.717, 1.165) is 0 Å². The third kappa shape index (κ3) is 2.84. The molecule has 0 aliphatic heterocycles. The highest BCUT2D eigenvalue weighted by atomic mass is 32.2. The van der Waals surface area contributed by atoms with E-state index < -0.39 is 10.0 Å². The van der Waals surface area contributed by atoms with Gasteiger partial charge in [0.15, 0.2) is 0 Å². The first-order valence-electron chi connectivity index (χ1n) is 5.60. The lowest BCUT2D eigenvalue weighted by Crippen LogP contribution is -2.13. The Hall–Kier alpha value is -2.65. The highest BCUT2D eigenvalue weighted by molar-refractivity contribution is 7.92. The Morgan fingerprint density at radius 2 is 1.95 bits per heavy atom. The van der Waals surface area contributed by atoms with E-state index in [1.54, 1.807) is 24.3 Å². The molecular weight excluding hydrogens is 276 g/mol. The average molecular weight is 288 g/mol. The second-order valence-corrected chi connectivity index (χ2v) is 5.73. The minimum absolute atomic E-state index is 0.00903. The normalized spacial score (nSPS) is 10.8. The smallest absolute Gasteiger partial charge is 0.261 e. The number of nitrogens with two attached hydrogens (primary N) is 1. The largest absolute Gasteiger partial charge is 0.506 e. The molecule has 0 aliphatic rings. The van der Waals surface area contributed by atoms with Gasteiger partial charge in [0.1, 0.15) is 5.75 Å². The van der Waals surface area contributed by atoms with Gasteiger partial charge < -0.3 is 10.8 Å². The molecule has 2 aromatic rings. The van der Waals surface area contributed by atoms with Crippen molar-refractivity contribution in [3.63, 3.8) is 0 Å². The maximum absolute atomic E-state index is 12.2. The van der Waals surface area contributed by atoms with E-state index in [9.17, 15) is 13.5 Å². The zero-order valence-corrected chi connectivity index (χ0v) is 11.2. The van der Waals surface area contributed by atoms with Crippen molar-refractivity contribution in [2.75, 3.05) is 10.5 Å². The lowest BCUT2D eigenvalue weighted by atomic mass is 10.2. The number of nitrogen functional groups attached to an aromatic ring is 1. The van der Waals surface area contributed by atoms with Gasteiger partial charge in [0.05, 0.1) is 16.3 Å². The molecule has 20 heavy (non-hydrogen) atoms. The van der Waals surface area contributed by atoms with Crippen LogP contribution in [-0.2, 0) is 10.0 Å². The van der Waals surface area contributed by atoms with Gasteiger partial charge in [-0.05, 0) is 36.4 Å². The summed E-state index contributed by atoms with van der Waals surface area (Å²) in [5, 5.41) is 9.31. The topological polar surface area (TPSA) is 92.4 Å². The summed E-state index contributed by atoms with van der Waals surface area (Å²) in [6.07, 6.45) is 5.26. The van der Waals surface area contributed by atoms with Gasteiger partial charge in [-0.25, -0.2) is 8.42 Å². The molecule has 0 aromatic heterocycles. The molecule has 0 saturated heterocycles. The summed E-state index contributed by atoms with van der Waals surface area (Å²) in [5.74, 6) is 2.25. The van der Waals surface area contributed by atoms with Gasteiger partial charge in [-0.2, -0.15) is 0 Å². The maximum Gasteiger partial charge on any atom is 0.261 e. The Morgan fingerprint density at radius 1 is 1.20 bits per heavy atom. The van der Waals surface area contributed by atoms with Crippen LogP contribution in [0.5, 0.6) is 5.75 Å². The first-order valence-corrected chi connectivity index (χ1v) is 7.09. The maximum atomic E-state index is 12.2. The zero-order chi connectivity index (χ0) is 14.8. The standard InChI is InChI=1S/C14H12N2O3S/c1-2-10-4-3-5-11(8-10)16-20(18,19)12-6-7-14(17)13(15)9-12/h1,3-9,16-17H,15H2. The molecule has 0 amide bonds. The summed E-state index contributed by atoms with van der Waals surface area (Å²) < 4.78 is 26.7. The zero-order valence-electron chi connectivity index (χ0n) is 10.4. The molecule has 0 aliphatic carbocycles. The molecule has 5 nitrogen and oxygen atoms in total. The van der Waals surface area contributed by atoms with Gasteiger partial charge >= 0.3 is 0 Å². The van der Waals surface area contributed by atoms with Crippen molar-refractivity contribution in [2.45, 2.75) is 4.90 Å². The van der Waals surface area contributed by atoms with Gasteiger partial charge in [-0.15, -0.1) is 6.42 Å². The number of nitrogens with one attached hydrogen (secondary N) is 1. The fraction of sp³-hybridized carbons (Fsp3) is 0. The van der Waals surface area contributed by atoms with Crippen LogP contribution in [0.1, 0.15) is 5.56 Å². The monoisotopic (exact) mass is 288 g/mol. The average Bonchev–Trinajstić information content (AvgIpc) is 2.41. The van der Waals surface area contributed by atoms with E-state index in [1.807, 2.05) is 0 Å². The van der Waals surface area contributed by atoms with Crippen LogP contribution in [-0.4, -0.2) is 13.5 Å². The van der Waals surface area contributed by atoms with Gasteiger partial charge in [-0.1, -0.05) is 12.0 Å². The third-order valence-electron chi connectivity index (χ3n) is 2.59. The molecule has 0 spiro atoms. The van der Waals surface area contributed by atoms with Crippen LogP contribution in [0.25, 0.3) is 0 Å². The number of benzene rings is 2. The summed E-state index contributed by atoms with van der Waals surface area (Å²) in [4.78, 5) is -0.0427. The lowest BCUT2D eigenvalue weighted by molar-refractivity contribution is 0.477. The number of sulfonamides is 1. The molecule has 0 radical (unpaired) electrons. The van der Waals surface area contributed by atoms with Crippen molar-refractivity contribution >= 4 is 21.4 Å². The summed E-state index contributed by atoms with van der Waals surface area (Å²) in [7, 11) is -3.79. The van der Waals surface area contributed by atoms with E-state index in [2.05, 4.69) is 10.6 Å². The molecule has 4 N–H and O–H groups in total. The molecule has 0 fully saturated rings. The third-order valence-corrected chi connectivity index (χ3v) is 3.97. The van der Waals surface area contributed by atoms with Gasteiger partial charge in [0.25, 0.3) is 10.0 Å². The quantitative estimate of drug-likeness (QED) is 0.456. The predicted molar refractivity (Wildman–Crippen MR) is 77.7 cm³/mol. The number of anilines is 2. The van der Waals surface area contributed by atoms with E-state index in [0.29, 0.717) is 11.3 Å². The van der Waals surface area contributed by atoms with Gasteiger partial charge in [-0.3, -0.25) is 4.72 Å². The number of phenolic OH excluding ortho intramolecular Hbond substituents is 1. The number of rotatable bonds is 3. The molecule has 2 rings (SSSR count). The number of hydrogen-bond donors (Lipinski definition) is 3. The van der Waals surface area contributed by atoms with Crippen LogP contribution in [0.4, 0.5) is 11.4 Å². The van der Waals surface area contributed by atoms with Crippen LogP contribution in [0, 0.1) is 12.3 Å². The van der Waals surface area contributed by atoms with E-state index in [4.69, 9.17) is 12.2 Å². The second kappa shape index (κ2) is 5.15. The van der Waals surface area contributed by atoms with Crippen LogP contribution in [0.15, 0.2) is 47.4 Å². The first-order chi connectivity index (χ1) is 9.42. The molecular formula is C14H12N2O3S. The number of terminal acetylenes is 1. The van der Waals surface area contributed by atoms with Crippen molar-refractivity contribution in [1.82, 2.24) is 0 Å². The van der Waals surface area contributed by atoms with Gasteiger partial charge in [0, 0.05) is 5.56 Å². The summed E-state index contributed by atoms with van der Waals surface area (Å²) in [6, 6.07) is 10.1. The molecule has 0 heterocycles. The van der Waals surface area contributed by atoms with E-state index in [1.165, 1.54) is 18.2 Å². The summed E-state index contributed by atoms with van der Waals surface area (Å²) in [5.41, 5.74) is 6.40. The highest BCUT2D eigenvalue weighted by Gasteiger charge is 2.15. The van der Waals surface area contributed by atoms with Crippen molar-refractivity contribution in [3.8, 4) is 18.1 Å². The van der Waals surface area contributed by atoms with Gasteiger partial charge in [0.2, 0.25) is 0 Å². The van der Waals surface area contributed by atoms with Crippen LogP contribution >= 0.6 is 0 Å². The summed E-state index contributed by atoms with van der Waals surface area (Å²) in [6.45, 7) is 0. The molecule has 0 bridgehead atoms. The second-order valence-electron chi connectivity index (χ2n) is 4.05. The van der Waals surface area contributed by atoms with Crippen LogP contribution < -0.4 is 10.5 Å². The van der Waals surface area contributed by atoms with E-state index >= 15 is 0 Å². The molecule has 6 heteroatoms. The Bertz CT molecular complexity index is 792.